The van der Waals surface area contributed by atoms with Crippen molar-refractivity contribution in [2.24, 2.45) is 11.7 Å². The lowest BCUT2D eigenvalue weighted by Crippen LogP contribution is -2.45. The number of piperidine rings is 1. The monoisotopic (exact) mass is 394 g/mol. The Bertz CT molecular complexity index is 909. The number of rotatable bonds is 6. The minimum atomic E-state index is -0.652. The van der Waals surface area contributed by atoms with E-state index in [1.165, 1.54) is 17.0 Å². The number of primary amides is 1. The Morgan fingerprint density at radius 1 is 0.931 bits per heavy atom. The van der Waals surface area contributed by atoms with Crippen molar-refractivity contribution in [1.82, 2.24) is 4.90 Å². The van der Waals surface area contributed by atoms with Crippen LogP contribution in [0.2, 0.25) is 0 Å². The van der Waals surface area contributed by atoms with E-state index in [0.717, 1.165) is 0 Å². The SMILES string of the molecule is NC(=O)[C@H]1CCCN(C(=O)COC(=O)c2ccc(C(=O)c3ccccc3)cc2)C1. The molecule has 0 bridgehead atoms. The Balaban J connectivity index is 1.55. The average molecular weight is 394 g/mol. The van der Waals surface area contributed by atoms with E-state index < -0.39 is 18.5 Å². The molecule has 3 rings (SSSR count). The van der Waals surface area contributed by atoms with Crippen molar-refractivity contribution in [1.29, 1.82) is 0 Å². The van der Waals surface area contributed by atoms with E-state index in [1.54, 1.807) is 36.4 Å². The highest BCUT2D eigenvalue weighted by Gasteiger charge is 2.27. The molecule has 2 aromatic carbocycles. The number of carbonyl (C=O) groups excluding carboxylic acids is 4. The highest BCUT2D eigenvalue weighted by atomic mass is 16.5. The largest absolute Gasteiger partial charge is 0.452 e. The van der Waals surface area contributed by atoms with Gasteiger partial charge in [-0.1, -0.05) is 42.5 Å². The van der Waals surface area contributed by atoms with Crippen LogP contribution in [0.4, 0.5) is 0 Å². The van der Waals surface area contributed by atoms with Crippen molar-refractivity contribution in [3.8, 4) is 0 Å². The Hall–Kier alpha value is -3.48. The van der Waals surface area contributed by atoms with Crippen LogP contribution in [0.25, 0.3) is 0 Å². The van der Waals surface area contributed by atoms with E-state index in [-0.39, 0.29) is 29.7 Å². The number of esters is 1. The zero-order chi connectivity index (χ0) is 20.8. The number of likely N-dealkylation sites (tertiary alicyclic amines) is 1. The molecule has 1 atom stereocenters. The summed E-state index contributed by atoms with van der Waals surface area (Å²) in [6.45, 7) is 0.355. The van der Waals surface area contributed by atoms with E-state index in [9.17, 15) is 19.2 Å². The van der Waals surface area contributed by atoms with Crippen LogP contribution in [0, 0.1) is 5.92 Å². The minimum Gasteiger partial charge on any atom is -0.452 e. The summed E-state index contributed by atoms with van der Waals surface area (Å²) in [5.74, 6) is -1.95. The quantitative estimate of drug-likeness (QED) is 0.594. The number of hydrogen-bond donors (Lipinski definition) is 1. The molecule has 0 radical (unpaired) electrons. The third kappa shape index (κ3) is 5.07. The van der Waals surface area contributed by atoms with Crippen LogP contribution >= 0.6 is 0 Å². The van der Waals surface area contributed by atoms with Gasteiger partial charge in [-0.2, -0.15) is 0 Å². The third-order valence-corrected chi connectivity index (χ3v) is 4.92. The summed E-state index contributed by atoms with van der Waals surface area (Å²) < 4.78 is 5.09. The van der Waals surface area contributed by atoms with Crippen molar-refractivity contribution in [3.63, 3.8) is 0 Å². The highest BCUT2D eigenvalue weighted by Crippen LogP contribution is 2.16. The second kappa shape index (κ2) is 9.14. The van der Waals surface area contributed by atoms with Crippen LogP contribution in [0.5, 0.6) is 0 Å². The second-order valence-electron chi connectivity index (χ2n) is 6.93. The molecule has 1 heterocycles. The van der Waals surface area contributed by atoms with Crippen molar-refractivity contribution in [2.75, 3.05) is 19.7 Å². The standard InChI is InChI=1S/C22H22N2O5/c23-21(27)18-7-4-12-24(13-18)19(25)14-29-22(28)17-10-8-16(9-11-17)20(26)15-5-2-1-3-6-15/h1-3,5-6,8-11,18H,4,7,12-14H2,(H2,23,27)/t18-/m0/s1. The van der Waals surface area contributed by atoms with E-state index in [2.05, 4.69) is 0 Å². The summed E-state index contributed by atoms with van der Waals surface area (Å²) in [5, 5.41) is 0. The van der Waals surface area contributed by atoms with Crippen LogP contribution < -0.4 is 5.73 Å². The molecule has 1 aliphatic rings. The van der Waals surface area contributed by atoms with Gasteiger partial charge >= 0.3 is 5.97 Å². The molecule has 0 unspecified atom stereocenters. The molecule has 1 saturated heterocycles. The highest BCUT2D eigenvalue weighted by molar-refractivity contribution is 6.09. The summed E-state index contributed by atoms with van der Waals surface area (Å²) in [7, 11) is 0. The van der Waals surface area contributed by atoms with E-state index >= 15 is 0 Å². The summed E-state index contributed by atoms with van der Waals surface area (Å²) >= 11 is 0. The van der Waals surface area contributed by atoms with Crippen LogP contribution in [0.1, 0.15) is 39.1 Å². The number of nitrogens with two attached hydrogens (primary N) is 1. The van der Waals surface area contributed by atoms with E-state index in [4.69, 9.17) is 10.5 Å². The molecular formula is C22H22N2O5. The fraction of sp³-hybridized carbons (Fsp3) is 0.273. The van der Waals surface area contributed by atoms with Gasteiger partial charge < -0.3 is 15.4 Å². The summed E-state index contributed by atoms with van der Waals surface area (Å²) in [6, 6.07) is 14.9. The summed E-state index contributed by atoms with van der Waals surface area (Å²) in [6.07, 6.45) is 1.34. The predicted molar refractivity (Wildman–Crippen MR) is 105 cm³/mol. The lowest BCUT2D eigenvalue weighted by Gasteiger charge is -2.31. The lowest BCUT2D eigenvalue weighted by molar-refractivity contribution is -0.137. The van der Waals surface area contributed by atoms with Gasteiger partial charge in [0.1, 0.15) is 0 Å². The molecule has 0 spiro atoms. The van der Waals surface area contributed by atoms with Crippen molar-refractivity contribution in [2.45, 2.75) is 12.8 Å². The molecule has 0 aromatic heterocycles. The molecule has 29 heavy (non-hydrogen) atoms. The van der Waals surface area contributed by atoms with Gasteiger partial charge in [0.15, 0.2) is 12.4 Å². The normalized spacial score (nSPS) is 16.1. The number of amides is 2. The molecule has 2 N–H and O–H groups in total. The van der Waals surface area contributed by atoms with Crippen molar-refractivity contribution < 1.29 is 23.9 Å². The van der Waals surface area contributed by atoms with Crippen molar-refractivity contribution >= 4 is 23.6 Å². The van der Waals surface area contributed by atoms with Gasteiger partial charge in [0, 0.05) is 24.2 Å². The fourth-order valence-corrected chi connectivity index (χ4v) is 3.25. The molecule has 1 aliphatic heterocycles. The van der Waals surface area contributed by atoms with Crippen molar-refractivity contribution in [3.05, 3.63) is 71.3 Å². The third-order valence-electron chi connectivity index (χ3n) is 4.92. The topological polar surface area (TPSA) is 107 Å². The number of ether oxygens (including phenoxy) is 1. The van der Waals surface area contributed by atoms with Gasteiger partial charge in [-0.25, -0.2) is 4.79 Å². The number of nitrogens with zero attached hydrogens (tertiary/aromatic N) is 1. The zero-order valence-electron chi connectivity index (χ0n) is 15.9. The maximum Gasteiger partial charge on any atom is 0.338 e. The maximum absolute atomic E-state index is 12.4. The first-order valence-electron chi connectivity index (χ1n) is 9.39. The van der Waals surface area contributed by atoms with Gasteiger partial charge in [0.2, 0.25) is 5.91 Å². The van der Waals surface area contributed by atoms with Gasteiger partial charge in [-0.05, 0) is 25.0 Å². The molecule has 2 aromatic rings. The number of carbonyl (C=O) groups is 4. The molecule has 150 valence electrons. The zero-order valence-corrected chi connectivity index (χ0v) is 15.9. The Kier molecular flexibility index (Phi) is 6.39. The first kappa shape index (κ1) is 20.3. The summed E-state index contributed by atoms with van der Waals surface area (Å²) in [5.41, 5.74) is 6.57. The van der Waals surface area contributed by atoms with Gasteiger partial charge in [-0.15, -0.1) is 0 Å². The molecule has 0 aliphatic carbocycles. The second-order valence-corrected chi connectivity index (χ2v) is 6.93. The lowest BCUT2D eigenvalue weighted by atomic mass is 9.97. The van der Waals surface area contributed by atoms with Gasteiger partial charge in [0.25, 0.3) is 5.91 Å². The van der Waals surface area contributed by atoms with Crippen LogP contribution in [0.15, 0.2) is 54.6 Å². The van der Waals surface area contributed by atoms with Crippen LogP contribution in [-0.4, -0.2) is 48.2 Å². The molecule has 7 nitrogen and oxygen atoms in total. The molecular weight excluding hydrogens is 372 g/mol. The predicted octanol–water partition coefficient (Wildman–Crippen LogP) is 1.80. The van der Waals surface area contributed by atoms with E-state index in [0.29, 0.717) is 30.5 Å². The number of hydrogen-bond acceptors (Lipinski definition) is 5. The fourth-order valence-electron chi connectivity index (χ4n) is 3.25. The molecule has 2 amide bonds. The molecule has 1 fully saturated rings. The smallest absolute Gasteiger partial charge is 0.338 e. The first-order valence-corrected chi connectivity index (χ1v) is 9.39. The van der Waals surface area contributed by atoms with Crippen LogP contribution in [0.3, 0.4) is 0 Å². The molecule has 0 saturated carbocycles. The van der Waals surface area contributed by atoms with Gasteiger partial charge in [0.05, 0.1) is 11.5 Å². The molecule has 7 heteroatoms. The Morgan fingerprint density at radius 2 is 1.55 bits per heavy atom. The maximum atomic E-state index is 12.4. The minimum absolute atomic E-state index is 0.144. The van der Waals surface area contributed by atoms with E-state index in [1.807, 2.05) is 6.07 Å². The Labute approximate surface area is 168 Å². The van der Waals surface area contributed by atoms with Crippen LogP contribution in [-0.2, 0) is 14.3 Å². The van der Waals surface area contributed by atoms with Gasteiger partial charge in [-0.3, -0.25) is 14.4 Å². The summed E-state index contributed by atoms with van der Waals surface area (Å²) in [4.78, 5) is 49.7. The average Bonchev–Trinajstić information content (AvgIpc) is 2.77. The first-order chi connectivity index (χ1) is 14.0. The number of ketones is 1. The number of benzene rings is 2. The Morgan fingerprint density at radius 3 is 2.21 bits per heavy atom.